The number of hydrogen-bond acceptors (Lipinski definition) is 3. The fraction of sp³-hybridized carbons (Fsp3) is 0.111. The average Bonchev–Trinajstić information content (AvgIpc) is 2.59. The van der Waals surface area contributed by atoms with Crippen LogP contribution in [0.4, 0.5) is 0 Å². The van der Waals surface area contributed by atoms with E-state index < -0.39 is 0 Å². The van der Waals surface area contributed by atoms with Crippen LogP contribution in [0.3, 0.4) is 0 Å². The largest absolute Gasteiger partial charge is 0.372 e. The van der Waals surface area contributed by atoms with Gasteiger partial charge in [-0.3, -0.25) is 0 Å². The summed E-state index contributed by atoms with van der Waals surface area (Å²) in [4.78, 5) is 2.08. The van der Waals surface area contributed by atoms with Crippen molar-refractivity contribution in [3.8, 4) is 0 Å². The van der Waals surface area contributed by atoms with Crippen LogP contribution in [0, 0.1) is 0 Å². The molecule has 0 saturated carbocycles. The van der Waals surface area contributed by atoms with Gasteiger partial charge in [-0.15, -0.1) is 0 Å². The lowest BCUT2D eigenvalue weighted by atomic mass is 10.3. The number of nitrogens with zero attached hydrogens (tertiary/aromatic N) is 1. The third-order valence-corrected chi connectivity index (χ3v) is 1.70. The van der Waals surface area contributed by atoms with Gasteiger partial charge >= 0.3 is 0 Å². The number of allylic oxidation sites excluding steroid dienone is 3. The maximum absolute atomic E-state index is 3.14. The molecule has 2 rings (SSSR count). The predicted octanol–water partition coefficient (Wildman–Crippen LogP) is 0.835. The van der Waals surface area contributed by atoms with Gasteiger partial charge in [-0.25, -0.2) is 0 Å². The van der Waals surface area contributed by atoms with Crippen LogP contribution in [-0.2, 0) is 0 Å². The number of hydrogen-bond donors (Lipinski definition) is 2. The molecule has 0 bridgehead atoms. The van der Waals surface area contributed by atoms with Crippen LogP contribution >= 0.6 is 0 Å². The average molecular weight is 161 g/mol. The summed E-state index contributed by atoms with van der Waals surface area (Å²) in [6, 6.07) is 0. The summed E-state index contributed by atoms with van der Waals surface area (Å²) in [5, 5.41) is 6.23. The van der Waals surface area contributed by atoms with Crippen molar-refractivity contribution in [2.24, 2.45) is 0 Å². The first-order valence-corrected chi connectivity index (χ1v) is 3.92. The van der Waals surface area contributed by atoms with E-state index in [4.69, 9.17) is 0 Å². The maximum Gasteiger partial charge on any atom is 0.0911 e. The van der Waals surface area contributed by atoms with Crippen molar-refractivity contribution < 1.29 is 0 Å². The molecule has 0 aromatic carbocycles. The molecule has 12 heavy (non-hydrogen) atoms. The first-order chi connectivity index (χ1) is 5.95. The van der Waals surface area contributed by atoms with E-state index >= 15 is 0 Å². The second-order valence-electron chi connectivity index (χ2n) is 2.64. The molecule has 2 N–H and O–H groups in total. The van der Waals surface area contributed by atoms with Gasteiger partial charge in [-0.1, -0.05) is 6.08 Å². The summed E-state index contributed by atoms with van der Waals surface area (Å²) in [6.07, 6.45) is 13.9. The Labute approximate surface area is 71.7 Å². The van der Waals surface area contributed by atoms with Crippen molar-refractivity contribution in [1.82, 2.24) is 15.5 Å². The van der Waals surface area contributed by atoms with Crippen LogP contribution in [0.15, 0.2) is 48.7 Å². The second kappa shape index (κ2) is 3.17. The van der Waals surface area contributed by atoms with Gasteiger partial charge in [0.15, 0.2) is 0 Å². The minimum atomic E-state index is 0.850. The number of rotatable bonds is 1. The van der Waals surface area contributed by atoms with E-state index in [1.165, 1.54) is 0 Å². The highest BCUT2D eigenvalue weighted by molar-refractivity contribution is 5.27. The molecule has 0 aliphatic carbocycles. The second-order valence-corrected chi connectivity index (χ2v) is 2.64. The Morgan fingerprint density at radius 3 is 3.00 bits per heavy atom. The molecular formula is C9H11N3. The van der Waals surface area contributed by atoms with Crippen molar-refractivity contribution >= 4 is 0 Å². The topological polar surface area (TPSA) is 27.3 Å². The van der Waals surface area contributed by atoms with Gasteiger partial charge in [0, 0.05) is 24.8 Å². The summed E-state index contributed by atoms with van der Waals surface area (Å²) >= 11 is 0. The van der Waals surface area contributed by atoms with Crippen molar-refractivity contribution in [2.45, 2.75) is 0 Å². The molecule has 62 valence electrons. The SMILES string of the molecule is C1=CN/C(=C\N2C=CNC2)C=C1. The quantitative estimate of drug-likeness (QED) is 0.596. The van der Waals surface area contributed by atoms with E-state index in [0.717, 1.165) is 12.4 Å². The van der Waals surface area contributed by atoms with E-state index in [0.29, 0.717) is 0 Å². The molecule has 2 aliphatic heterocycles. The van der Waals surface area contributed by atoms with Crippen LogP contribution < -0.4 is 10.6 Å². The highest BCUT2D eigenvalue weighted by Gasteiger charge is 2.00. The van der Waals surface area contributed by atoms with Crippen LogP contribution in [0.1, 0.15) is 0 Å². The highest BCUT2D eigenvalue weighted by atomic mass is 15.2. The molecular weight excluding hydrogens is 150 g/mol. The van der Waals surface area contributed by atoms with Gasteiger partial charge in [0.1, 0.15) is 0 Å². The Kier molecular flexibility index (Phi) is 1.86. The molecule has 0 unspecified atom stereocenters. The first-order valence-electron chi connectivity index (χ1n) is 3.92. The van der Waals surface area contributed by atoms with Crippen molar-refractivity contribution in [3.63, 3.8) is 0 Å². The zero-order valence-corrected chi connectivity index (χ0v) is 6.70. The Balaban J connectivity index is 2.03. The molecule has 0 radical (unpaired) electrons. The standard InChI is InChI=1S/C9H11N3/c1-2-4-11-9(3-1)7-12-6-5-10-8-12/h1-7,10-11H,8H2/b9-7-. The van der Waals surface area contributed by atoms with Gasteiger partial charge in [0.25, 0.3) is 0 Å². The summed E-state index contributed by atoms with van der Waals surface area (Å²) in [5.41, 5.74) is 1.10. The Morgan fingerprint density at radius 1 is 1.33 bits per heavy atom. The zero-order valence-electron chi connectivity index (χ0n) is 6.70. The Hall–Kier alpha value is -1.64. The minimum absolute atomic E-state index is 0.850. The summed E-state index contributed by atoms with van der Waals surface area (Å²) in [7, 11) is 0. The highest BCUT2D eigenvalue weighted by Crippen LogP contribution is 2.03. The Morgan fingerprint density at radius 2 is 2.33 bits per heavy atom. The van der Waals surface area contributed by atoms with Crippen LogP contribution in [-0.4, -0.2) is 11.6 Å². The molecule has 0 atom stereocenters. The van der Waals surface area contributed by atoms with E-state index in [1.807, 2.05) is 36.8 Å². The lowest BCUT2D eigenvalue weighted by Crippen LogP contribution is -2.17. The van der Waals surface area contributed by atoms with Crippen LogP contribution in [0.2, 0.25) is 0 Å². The summed E-state index contributed by atoms with van der Waals surface area (Å²) in [5.74, 6) is 0. The van der Waals surface area contributed by atoms with Gasteiger partial charge in [-0.2, -0.15) is 0 Å². The minimum Gasteiger partial charge on any atom is -0.372 e. The fourth-order valence-electron chi connectivity index (χ4n) is 1.11. The lowest BCUT2D eigenvalue weighted by molar-refractivity contribution is 0.518. The number of nitrogens with one attached hydrogen (secondary N) is 2. The van der Waals surface area contributed by atoms with Crippen molar-refractivity contribution in [1.29, 1.82) is 0 Å². The van der Waals surface area contributed by atoms with E-state index in [1.54, 1.807) is 0 Å². The molecule has 3 heteroatoms. The molecule has 0 saturated heterocycles. The molecule has 0 spiro atoms. The molecule has 3 nitrogen and oxygen atoms in total. The Bertz CT molecular complexity index is 273. The third-order valence-electron chi connectivity index (χ3n) is 1.70. The molecule has 0 aromatic heterocycles. The van der Waals surface area contributed by atoms with E-state index in [9.17, 15) is 0 Å². The normalized spacial score (nSPS) is 23.0. The monoisotopic (exact) mass is 161 g/mol. The summed E-state index contributed by atoms with van der Waals surface area (Å²) < 4.78 is 0. The molecule has 2 aliphatic rings. The van der Waals surface area contributed by atoms with Crippen molar-refractivity contribution in [2.75, 3.05) is 6.67 Å². The predicted molar refractivity (Wildman–Crippen MR) is 48.5 cm³/mol. The van der Waals surface area contributed by atoms with Crippen LogP contribution in [0.5, 0.6) is 0 Å². The zero-order chi connectivity index (χ0) is 8.23. The third kappa shape index (κ3) is 1.50. The molecule has 0 aromatic rings. The molecule has 2 heterocycles. The van der Waals surface area contributed by atoms with Gasteiger partial charge in [-0.05, 0) is 12.2 Å². The van der Waals surface area contributed by atoms with E-state index in [2.05, 4.69) is 21.7 Å². The van der Waals surface area contributed by atoms with Gasteiger partial charge < -0.3 is 15.5 Å². The summed E-state index contributed by atoms with van der Waals surface area (Å²) in [6.45, 7) is 0.850. The smallest absolute Gasteiger partial charge is 0.0911 e. The van der Waals surface area contributed by atoms with E-state index in [-0.39, 0.29) is 0 Å². The first kappa shape index (κ1) is 7.03. The maximum atomic E-state index is 3.14. The lowest BCUT2D eigenvalue weighted by Gasteiger charge is -2.12. The fourth-order valence-corrected chi connectivity index (χ4v) is 1.11. The number of dihydropyridines is 1. The molecule has 0 fully saturated rings. The van der Waals surface area contributed by atoms with Gasteiger partial charge in [0.2, 0.25) is 0 Å². The van der Waals surface area contributed by atoms with Crippen molar-refractivity contribution in [3.05, 3.63) is 48.7 Å². The van der Waals surface area contributed by atoms with Crippen LogP contribution in [0.25, 0.3) is 0 Å². The molecule has 0 amide bonds. The van der Waals surface area contributed by atoms with Gasteiger partial charge in [0.05, 0.1) is 12.4 Å².